The van der Waals surface area contributed by atoms with Gasteiger partial charge in [-0.3, -0.25) is 0 Å². The summed E-state index contributed by atoms with van der Waals surface area (Å²) < 4.78 is 19.2. The zero-order valence-corrected chi connectivity index (χ0v) is 10.1. The normalized spacial score (nSPS) is 11.0. The second-order valence-electron chi connectivity index (χ2n) is 3.89. The number of alkyl halides is 1. The van der Waals surface area contributed by atoms with Gasteiger partial charge in [0.1, 0.15) is 5.82 Å². The summed E-state index contributed by atoms with van der Waals surface area (Å²) in [5, 5.41) is 1.37. The van der Waals surface area contributed by atoms with E-state index in [1.807, 2.05) is 12.1 Å². The third kappa shape index (κ3) is 1.77. The van der Waals surface area contributed by atoms with Gasteiger partial charge in [0.15, 0.2) is 5.76 Å². The first-order chi connectivity index (χ1) is 8.79. The van der Waals surface area contributed by atoms with Crippen molar-refractivity contribution in [3.8, 4) is 11.3 Å². The summed E-state index contributed by atoms with van der Waals surface area (Å²) in [5.74, 6) is 1.03. The standard InChI is InChI=1S/C14H9ClFNO/c15-7-14-17-8-13(18-14)11-5-6-12(16)10-4-2-1-3-9(10)11/h1-6,8H,7H2. The van der Waals surface area contributed by atoms with E-state index >= 15 is 0 Å². The van der Waals surface area contributed by atoms with Crippen LogP contribution in [0.3, 0.4) is 0 Å². The molecule has 18 heavy (non-hydrogen) atoms. The van der Waals surface area contributed by atoms with Gasteiger partial charge in [-0.15, -0.1) is 11.6 Å². The second-order valence-corrected chi connectivity index (χ2v) is 4.16. The van der Waals surface area contributed by atoms with Crippen LogP contribution in [0, 0.1) is 5.82 Å². The largest absolute Gasteiger partial charge is 0.439 e. The number of oxazole rings is 1. The van der Waals surface area contributed by atoms with Gasteiger partial charge in [-0.2, -0.15) is 0 Å². The van der Waals surface area contributed by atoms with E-state index < -0.39 is 0 Å². The van der Waals surface area contributed by atoms with Crippen LogP contribution in [0.2, 0.25) is 0 Å². The predicted octanol–water partition coefficient (Wildman–Crippen LogP) is 4.37. The van der Waals surface area contributed by atoms with E-state index in [0.717, 1.165) is 10.9 Å². The summed E-state index contributed by atoms with van der Waals surface area (Å²) in [6.45, 7) is 0. The highest BCUT2D eigenvalue weighted by molar-refractivity contribution is 6.16. The molecule has 0 aliphatic carbocycles. The smallest absolute Gasteiger partial charge is 0.209 e. The Balaban J connectivity index is 2.26. The van der Waals surface area contributed by atoms with Crippen LogP contribution < -0.4 is 0 Å². The maximum Gasteiger partial charge on any atom is 0.209 e. The van der Waals surface area contributed by atoms with E-state index in [1.165, 1.54) is 6.07 Å². The summed E-state index contributed by atoms with van der Waals surface area (Å²) >= 11 is 5.65. The Morgan fingerprint density at radius 3 is 2.61 bits per heavy atom. The predicted molar refractivity (Wildman–Crippen MR) is 69.0 cm³/mol. The zero-order chi connectivity index (χ0) is 12.5. The fraction of sp³-hybridized carbons (Fsp3) is 0.0714. The van der Waals surface area contributed by atoms with Crippen LogP contribution in [0.5, 0.6) is 0 Å². The Morgan fingerprint density at radius 2 is 1.89 bits per heavy atom. The molecule has 0 saturated carbocycles. The maximum absolute atomic E-state index is 13.7. The number of nitrogens with zero attached hydrogens (tertiary/aromatic N) is 1. The molecule has 0 radical (unpaired) electrons. The Kier molecular flexibility index (Phi) is 2.76. The van der Waals surface area contributed by atoms with Gasteiger partial charge in [0.05, 0.1) is 12.1 Å². The van der Waals surface area contributed by atoms with Crippen LogP contribution in [0.25, 0.3) is 22.1 Å². The third-order valence-corrected chi connectivity index (χ3v) is 3.03. The fourth-order valence-electron chi connectivity index (χ4n) is 1.97. The highest BCUT2D eigenvalue weighted by atomic mass is 35.5. The van der Waals surface area contributed by atoms with Crippen molar-refractivity contribution in [1.29, 1.82) is 0 Å². The molecule has 0 unspecified atom stereocenters. The quantitative estimate of drug-likeness (QED) is 0.640. The van der Waals surface area contributed by atoms with Crippen LogP contribution in [-0.4, -0.2) is 4.98 Å². The first-order valence-electron chi connectivity index (χ1n) is 5.48. The Hall–Kier alpha value is -1.87. The van der Waals surface area contributed by atoms with Gasteiger partial charge in [-0.25, -0.2) is 9.37 Å². The number of hydrogen-bond donors (Lipinski definition) is 0. The van der Waals surface area contributed by atoms with Gasteiger partial charge >= 0.3 is 0 Å². The zero-order valence-electron chi connectivity index (χ0n) is 9.36. The lowest BCUT2D eigenvalue weighted by Crippen LogP contribution is -1.83. The van der Waals surface area contributed by atoms with Crippen LogP contribution in [-0.2, 0) is 5.88 Å². The van der Waals surface area contributed by atoms with Crippen molar-refractivity contribution in [2.75, 3.05) is 0 Å². The molecule has 4 heteroatoms. The Labute approximate surface area is 108 Å². The molecule has 1 aromatic heterocycles. The molecular formula is C14H9ClFNO. The molecule has 0 fully saturated rings. The number of hydrogen-bond acceptors (Lipinski definition) is 2. The first-order valence-corrected chi connectivity index (χ1v) is 6.01. The van der Waals surface area contributed by atoms with Gasteiger partial charge in [0.2, 0.25) is 5.89 Å². The van der Waals surface area contributed by atoms with Gasteiger partial charge in [-0.05, 0) is 17.5 Å². The van der Waals surface area contributed by atoms with Crippen LogP contribution in [0.1, 0.15) is 5.89 Å². The van der Waals surface area contributed by atoms with Crippen LogP contribution in [0.15, 0.2) is 47.0 Å². The van der Waals surface area contributed by atoms with E-state index in [4.69, 9.17) is 16.0 Å². The highest BCUT2D eigenvalue weighted by Gasteiger charge is 2.11. The molecule has 2 aromatic carbocycles. The highest BCUT2D eigenvalue weighted by Crippen LogP contribution is 2.30. The molecule has 0 aliphatic rings. The van der Waals surface area contributed by atoms with E-state index in [2.05, 4.69) is 4.98 Å². The van der Waals surface area contributed by atoms with Crippen molar-refractivity contribution in [3.63, 3.8) is 0 Å². The summed E-state index contributed by atoms with van der Waals surface area (Å²) in [5.41, 5.74) is 0.816. The molecule has 3 aromatic rings. The van der Waals surface area contributed by atoms with Crippen molar-refractivity contribution in [2.24, 2.45) is 0 Å². The molecule has 0 N–H and O–H groups in total. The lowest BCUT2D eigenvalue weighted by Gasteiger charge is -2.04. The minimum Gasteiger partial charge on any atom is -0.439 e. The minimum absolute atomic E-state index is 0.221. The SMILES string of the molecule is Fc1ccc(-c2cnc(CCl)o2)c2ccccc12. The Bertz CT molecular complexity index is 708. The molecule has 3 rings (SSSR count). The van der Waals surface area contributed by atoms with Gasteiger partial charge in [0, 0.05) is 10.9 Å². The van der Waals surface area contributed by atoms with Gasteiger partial charge in [-0.1, -0.05) is 24.3 Å². The number of aromatic nitrogens is 1. The Morgan fingerprint density at radius 1 is 1.11 bits per heavy atom. The fourth-order valence-corrected chi connectivity index (χ4v) is 2.10. The molecule has 0 amide bonds. The average molecular weight is 262 g/mol. The molecule has 0 bridgehead atoms. The second kappa shape index (κ2) is 4.42. The van der Waals surface area contributed by atoms with Gasteiger partial charge < -0.3 is 4.42 Å². The van der Waals surface area contributed by atoms with Crippen molar-refractivity contribution in [1.82, 2.24) is 4.98 Å². The topological polar surface area (TPSA) is 26.0 Å². The number of fused-ring (bicyclic) bond motifs is 1. The molecule has 0 aliphatic heterocycles. The summed E-state index contributed by atoms with van der Waals surface area (Å²) in [4.78, 5) is 4.05. The molecule has 90 valence electrons. The molecule has 0 atom stereocenters. The monoisotopic (exact) mass is 261 g/mol. The lowest BCUT2D eigenvalue weighted by atomic mass is 10.0. The summed E-state index contributed by atoms with van der Waals surface area (Å²) in [7, 11) is 0. The van der Waals surface area contributed by atoms with Crippen molar-refractivity contribution in [2.45, 2.75) is 5.88 Å². The van der Waals surface area contributed by atoms with Crippen molar-refractivity contribution in [3.05, 3.63) is 54.3 Å². The van der Waals surface area contributed by atoms with Gasteiger partial charge in [0.25, 0.3) is 0 Å². The van der Waals surface area contributed by atoms with Crippen molar-refractivity contribution >= 4 is 22.4 Å². The molecule has 0 saturated heterocycles. The van der Waals surface area contributed by atoms with Crippen LogP contribution >= 0.6 is 11.6 Å². The van der Waals surface area contributed by atoms with E-state index in [-0.39, 0.29) is 11.7 Å². The lowest BCUT2D eigenvalue weighted by molar-refractivity contribution is 0.529. The van der Waals surface area contributed by atoms with E-state index in [1.54, 1.807) is 24.4 Å². The van der Waals surface area contributed by atoms with E-state index in [9.17, 15) is 4.39 Å². The summed E-state index contributed by atoms with van der Waals surface area (Å²) in [6, 6.07) is 10.4. The van der Waals surface area contributed by atoms with Crippen molar-refractivity contribution < 1.29 is 8.81 Å². The third-order valence-electron chi connectivity index (χ3n) is 2.80. The molecule has 0 spiro atoms. The van der Waals surface area contributed by atoms with Crippen LogP contribution in [0.4, 0.5) is 4.39 Å². The maximum atomic E-state index is 13.7. The number of rotatable bonds is 2. The summed E-state index contributed by atoms with van der Waals surface area (Å²) in [6.07, 6.45) is 1.61. The minimum atomic E-state index is -0.244. The number of halogens is 2. The average Bonchev–Trinajstić information content (AvgIpc) is 2.88. The van der Waals surface area contributed by atoms with E-state index in [0.29, 0.717) is 17.0 Å². The molecular weight excluding hydrogens is 253 g/mol. The molecule has 1 heterocycles. The first kappa shape index (κ1) is 11.2. The molecule has 2 nitrogen and oxygen atoms in total. The number of benzene rings is 2.